The van der Waals surface area contributed by atoms with E-state index < -0.39 is 11.7 Å². The maximum atomic E-state index is 14.0. The van der Waals surface area contributed by atoms with Crippen LogP contribution in [0, 0.1) is 5.82 Å². The number of fused-ring (bicyclic) bond motifs is 1. The molecule has 5 N–H and O–H groups in total. The molecule has 34 heavy (non-hydrogen) atoms. The number of hydrogen-bond donors (Lipinski definition) is 4. The minimum absolute atomic E-state index is 0.0328. The van der Waals surface area contributed by atoms with Crippen molar-refractivity contribution in [2.45, 2.75) is 37.8 Å². The summed E-state index contributed by atoms with van der Waals surface area (Å²) in [6.07, 6.45) is 7.67. The van der Waals surface area contributed by atoms with Crippen LogP contribution in [0.5, 0.6) is 0 Å². The first-order valence-electron chi connectivity index (χ1n) is 11.2. The predicted octanol–water partition coefficient (Wildman–Crippen LogP) is 3.94. The van der Waals surface area contributed by atoms with E-state index in [0.29, 0.717) is 17.2 Å². The smallest absolute Gasteiger partial charge is 0.276 e. The van der Waals surface area contributed by atoms with Gasteiger partial charge < -0.3 is 21.7 Å². The highest BCUT2D eigenvalue weighted by atomic mass is 19.1. The molecule has 0 aliphatic heterocycles. The number of nitrogens with zero attached hydrogens (tertiary/aromatic N) is 4. The zero-order chi connectivity index (χ0) is 23.5. The van der Waals surface area contributed by atoms with Crippen molar-refractivity contribution in [3.05, 3.63) is 72.6 Å². The molecule has 174 valence electrons. The van der Waals surface area contributed by atoms with Gasteiger partial charge in [-0.3, -0.25) is 9.78 Å². The lowest BCUT2D eigenvalue weighted by Crippen LogP contribution is -2.33. The van der Waals surface area contributed by atoms with Crippen LogP contribution >= 0.6 is 0 Å². The van der Waals surface area contributed by atoms with Gasteiger partial charge in [0, 0.05) is 30.0 Å². The standard InChI is InChI=1S/C24H25FN8O/c25-18-13-27-11-10-19(18)31-24(34)21-14-28-23-20(29-16-4-2-1-3-5-16)12-22(32-33(21)23)30-17-8-6-15(26)7-9-17/h1-5,10-15,17,29H,6-9,26H2,(H,30,32)(H,27,31,34)/t15-,17-. The van der Waals surface area contributed by atoms with Gasteiger partial charge in [0.2, 0.25) is 0 Å². The Morgan fingerprint density at radius 3 is 2.62 bits per heavy atom. The van der Waals surface area contributed by atoms with E-state index in [2.05, 4.69) is 31.0 Å². The Labute approximate surface area is 195 Å². The number of carbonyl (C=O) groups is 1. The van der Waals surface area contributed by atoms with Gasteiger partial charge in [0.05, 0.1) is 23.8 Å². The molecular weight excluding hydrogens is 435 g/mol. The van der Waals surface area contributed by atoms with Crippen LogP contribution in [0.4, 0.5) is 27.3 Å². The number of amides is 1. The molecule has 0 spiro atoms. The monoisotopic (exact) mass is 460 g/mol. The molecule has 0 saturated heterocycles. The molecule has 1 aliphatic carbocycles. The number of para-hydroxylation sites is 1. The maximum absolute atomic E-state index is 14.0. The van der Waals surface area contributed by atoms with Gasteiger partial charge in [-0.05, 0) is 43.9 Å². The van der Waals surface area contributed by atoms with Crippen molar-refractivity contribution in [1.29, 1.82) is 0 Å². The number of benzene rings is 1. The zero-order valence-corrected chi connectivity index (χ0v) is 18.4. The SMILES string of the molecule is N[C@H]1CC[C@H](Nc2cc(Nc3ccccc3)c3ncc(C(=O)Nc4ccncc4F)n3n2)CC1. The van der Waals surface area contributed by atoms with Crippen LogP contribution in [0.3, 0.4) is 0 Å². The molecule has 0 unspecified atom stereocenters. The Balaban J connectivity index is 1.50. The number of nitrogens with two attached hydrogens (primary N) is 1. The molecule has 3 heterocycles. The summed E-state index contributed by atoms with van der Waals surface area (Å²) in [5, 5.41) is 14.0. The number of pyridine rings is 1. The van der Waals surface area contributed by atoms with E-state index in [1.165, 1.54) is 23.0 Å². The Hall–Kier alpha value is -4.05. The molecular formula is C24H25FN8O. The molecule has 5 rings (SSSR count). The van der Waals surface area contributed by atoms with Crippen molar-refractivity contribution in [1.82, 2.24) is 19.6 Å². The molecule has 1 aromatic carbocycles. The number of aromatic nitrogens is 4. The average molecular weight is 461 g/mol. The highest BCUT2D eigenvalue weighted by molar-refractivity contribution is 6.03. The number of imidazole rings is 1. The van der Waals surface area contributed by atoms with Crippen LogP contribution in [0.2, 0.25) is 0 Å². The molecule has 1 amide bonds. The quantitative estimate of drug-likeness (QED) is 0.344. The van der Waals surface area contributed by atoms with Crippen LogP contribution in [0.25, 0.3) is 5.65 Å². The summed E-state index contributed by atoms with van der Waals surface area (Å²) in [6, 6.07) is 13.4. The van der Waals surface area contributed by atoms with Crippen molar-refractivity contribution in [2.24, 2.45) is 5.73 Å². The summed E-state index contributed by atoms with van der Waals surface area (Å²) in [7, 11) is 0. The summed E-state index contributed by atoms with van der Waals surface area (Å²) in [5.74, 6) is -0.549. The maximum Gasteiger partial charge on any atom is 0.276 e. The normalized spacial score (nSPS) is 17.9. The molecule has 0 radical (unpaired) electrons. The predicted molar refractivity (Wildman–Crippen MR) is 129 cm³/mol. The van der Waals surface area contributed by atoms with Gasteiger partial charge in [-0.25, -0.2) is 13.9 Å². The highest BCUT2D eigenvalue weighted by Crippen LogP contribution is 2.27. The first-order valence-corrected chi connectivity index (χ1v) is 11.2. The van der Waals surface area contributed by atoms with E-state index in [1.807, 2.05) is 36.4 Å². The van der Waals surface area contributed by atoms with E-state index in [0.717, 1.165) is 37.6 Å². The zero-order valence-electron chi connectivity index (χ0n) is 18.4. The number of hydrogen-bond acceptors (Lipinski definition) is 7. The number of carbonyl (C=O) groups excluding carboxylic acids is 1. The Kier molecular flexibility index (Phi) is 6.05. The van der Waals surface area contributed by atoms with Crippen molar-refractivity contribution >= 4 is 34.4 Å². The topological polar surface area (TPSA) is 122 Å². The van der Waals surface area contributed by atoms with Gasteiger partial charge in [0.25, 0.3) is 5.91 Å². The Morgan fingerprint density at radius 1 is 1.06 bits per heavy atom. The number of nitrogens with one attached hydrogen (secondary N) is 3. The third-order valence-electron chi connectivity index (χ3n) is 5.90. The molecule has 1 saturated carbocycles. The molecule has 10 heteroatoms. The first kappa shape index (κ1) is 21.8. The van der Waals surface area contributed by atoms with Crippen LogP contribution in [0.15, 0.2) is 61.1 Å². The summed E-state index contributed by atoms with van der Waals surface area (Å²) >= 11 is 0. The lowest BCUT2D eigenvalue weighted by molar-refractivity contribution is 0.102. The molecule has 0 atom stereocenters. The second kappa shape index (κ2) is 9.44. The molecule has 9 nitrogen and oxygen atoms in total. The summed E-state index contributed by atoms with van der Waals surface area (Å²) in [5.41, 5.74) is 8.29. The van der Waals surface area contributed by atoms with Gasteiger partial charge in [0.1, 0.15) is 5.82 Å². The first-order chi connectivity index (χ1) is 16.6. The third-order valence-corrected chi connectivity index (χ3v) is 5.90. The second-order valence-corrected chi connectivity index (χ2v) is 8.38. The molecule has 4 aromatic rings. The number of rotatable bonds is 6. The summed E-state index contributed by atoms with van der Waals surface area (Å²) < 4.78 is 15.5. The lowest BCUT2D eigenvalue weighted by atomic mass is 9.92. The van der Waals surface area contributed by atoms with Gasteiger partial charge in [0.15, 0.2) is 17.2 Å². The molecule has 1 fully saturated rings. The van der Waals surface area contributed by atoms with Crippen LogP contribution < -0.4 is 21.7 Å². The Morgan fingerprint density at radius 2 is 1.85 bits per heavy atom. The van der Waals surface area contributed by atoms with Crippen LogP contribution in [-0.4, -0.2) is 37.6 Å². The summed E-state index contributed by atoms with van der Waals surface area (Å²) in [6.45, 7) is 0. The van der Waals surface area contributed by atoms with E-state index in [-0.39, 0.29) is 23.5 Å². The van der Waals surface area contributed by atoms with Gasteiger partial charge >= 0.3 is 0 Å². The lowest BCUT2D eigenvalue weighted by Gasteiger charge is -2.27. The van der Waals surface area contributed by atoms with Crippen molar-refractivity contribution in [3.8, 4) is 0 Å². The fourth-order valence-electron chi connectivity index (χ4n) is 4.10. The highest BCUT2D eigenvalue weighted by Gasteiger charge is 2.22. The van der Waals surface area contributed by atoms with Crippen LogP contribution in [0.1, 0.15) is 36.2 Å². The van der Waals surface area contributed by atoms with Gasteiger partial charge in [-0.1, -0.05) is 18.2 Å². The number of anilines is 4. The Bertz CT molecular complexity index is 1300. The minimum Gasteiger partial charge on any atom is -0.366 e. The molecule has 0 bridgehead atoms. The minimum atomic E-state index is -0.623. The van der Waals surface area contributed by atoms with Gasteiger partial charge in [-0.15, -0.1) is 5.10 Å². The van der Waals surface area contributed by atoms with Crippen molar-refractivity contribution < 1.29 is 9.18 Å². The summed E-state index contributed by atoms with van der Waals surface area (Å²) in [4.78, 5) is 21.1. The van der Waals surface area contributed by atoms with E-state index in [1.54, 1.807) is 0 Å². The molecule has 1 aliphatic rings. The van der Waals surface area contributed by atoms with E-state index in [9.17, 15) is 9.18 Å². The average Bonchev–Trinajstić information content (AvgIpc) is 3.27. The van der Waals surface area contributed by atoms with Gasteiger partial charge in [-0.2, -0.15) is 0 Å². The fraction of sp³-hybridized carbons (Fsp3) is 0.250. The van der Waals surface area contributed by atoms with Crippen LogP contribution in [-0.2, 0) is 0 Å². The number of halogens is 1. The largest absolute Gasteiger partial charge is 0.366 e. The van der Waals surface area contributed by atoms with Crippen molar-refractivity contribution in [3.63, 3.8) is 0 Å². The second-order valence-electron chi connectivity index (χ2n) is 8.38. The van der Waals surface area contributed by atoms with E-state index in [4.69, 9.17) is 5.73 Å². The molecule has 3 aromatic heterocycles. The third kappa shape index (κ3) is 4.67. The fourth-order valence-corrected chi connectivity index (χ4v) is 4.10. The van der Waals surface area contributed by atoms with Crippen molar-refractivity contribution in [2.75, 3.05) is 16.0 Å². The van der Waals surface area contributed by atoms with E-state index >= 15 is 0 Å².